The summed E-state index contributed by atoms with van der Waals surface area (Å²) in [4.78, 5) is 8.53. The lowest BCUT2D eigenvalue weighted by Gasteiger charge is -2.08. The minimum absolute atomic E-state index is 0.374. The van der Waals surface area contributed by atoms with Crippen LogP contribution in [0, 0.1) is 16.7 Å². The Labute approximate surface area is 117 Å². The van der Waals surface area contributed by atoms with Crippen molar-refractivity contribution >= 4 is 21.9 Å². The van der Waals surface area contributed by atoms with E-state index < -0.39 is 0 Å². The zero-order valence-corrected chi connectivity index (χ0v) is 13.1. The first-order chi connectivity index (χ1) is 8.30. The molecule has 4 nitrogen and oxygen atoms in total. The monoisotopic (exact) mass is 313 g/mol. The lowest BCUT2D eigenvalue weighted by atomic mass is 10.0. The van der Waals surface area contributed by atoms with Crippen molar-refractivity contribution in [3.05, 3.63) is 10.7 Å². The second-order valence-corrected chi connectivity index (χ2v) is 6.78. The maximum atomic E-state index is 5.15. The number of aromatic nitrogens is 2. The van der Waals surface area contributed by atoms with Crippen LogP contribution in [-0.4, -0.2) is 23.6 Å². The van der Waals surface area contributed by atoms with Gasteiger partial charge < -0.3 is 10.1 Å². The number of anilines is 1. The van der Waals surface area contributed by atoms with Gasteiger partial charge in [-0.3, -0.25) is 0 Å². The normalized spacial score (nSPS) is 20.6. The topological polar surface area (TPSA) is 47.0 Å². The molecule has 1 aliphatic rings. The summed E-state index contributed by atoms with van der Waals surface area (Å²) in [5.41, 5.74) is 0.749. The van der Waals surface area contributed by atoms with Crippen molar-refractivity contribution in [2.24, 2.45) is 16.7 Å². The minimum atomic E-state index is 0.374. The maximum absolute atomic E-state index is 5.15. The van der Waals surface area contributed by atoms with Crippen molar-refractivity contribution in [2.75, 3.05) is 19.0 Å². The van der Waals surface area contributed by atoms with Crippen LogP contribution in [0.4, 0.5) is 5.95 Å². The lowest BCUT2D eigenvalue weighted by Crippen LogP contribution is -2.11. The molecule has 0 amide bonds. The predicted molar refractivity (Wildman–Crippen MR) is 75.8 cm³/mol. The van der Waals surface area contributed by atoms with E-state index in [1.54, 1.807) is 13.3 Å². The Morgan fingerprint density at radius 2 is 1.94 bits per heavy atom. The average molecular weight is 314 g/mol. The van der Waals surface area contributed by atoms with Crippen molar-refractivity contribution in [1.82, 2.24) is 9.97 Å². The zero-order valence-electron chi connectivity index (χ0n) is 11.5. The van der Waals surface area contributed by atoms with Gasteiger partial charge in [-0.2, -0.15) is 4.98 Å². The van der Waals surface area contributed by atoms with E-state index in [0.717, 1.165) is 11.0 Å². The first kappa shape index (κ1) is 13.6. The van der Waals surface area contributed by atoms with Crippen LogP contribution in [0.15, 0.2) is 10.7 Å². The molecule has 18 heavy (non-hydrogen) atoms. The van der Waals surface area contributed by atoms with Crippen LogP contribution in [0.3, 0.4) is 0 Å². The van der Waals surface area contributed by atoms with E-state index in [2.05, 4.69) is 58.9 Å². The van der Waals surface area contributed by atoms with Crippen LogP contribution < -0.4 is 10.1 Å². The van der Waals surface area contributed by atoms with Gasteiger partial charge in [0.25, 0.3) is 0 Å². The molecule has 1 heterocycles. The van der Waals surface area contributed by atoms with Crippen molar-refractivity contribution in [2.45, 2.75) is 27.7 Å². The number of hydrogen-bond acceptors (Lipinski definition) is 4. The van der Waals surface area contributed by atoms with Gasteiger partial charge >= 0.3 is 0 Å². The van der Waals surface area contributed by atoms with Crippen LogP contribution in [0.2, 0.25) is 0 Å². The van der Waals surface area contributed by atoms with Gasteiger partial charge in [-0.25, -0.2) is 4.98 Å². The fourth-order valence-electron chi connectivity index (χ4n) is 2.62. The van der Waals surface area contributed by atoms with Crippen LogP contribution in [0.25, 0.3) is 0 Å². The summed E-state index contributed by atoms with van der Waals surface area (Å²) in [6.45, 7) is 10.1. The Morgan fingerprint density at radius 1 is 1.33 bits per heavy atom. The molecule has 2 rings (SSSR count). The number of ether oxygens (including phenoxy) is 1. The van der Waals surface area contributed by atoms with Gasteiger partial charge in [0.1, 0.15) is 0 Å². The third kappa shape index (κ3) is 2.09. The zero-order chi connectivity index (χ0) is 13.6. The fraction of sp³-hybridized carbons (Fsp3) is 0.692. The van der Waals surface area contributed by atoms with Crippen molar-refractivity contribution in [1.29, 1.82) is 0 Å². The number of halogens is 1. The molecule has 1 N–H and O–H groups in total. The number of nitrogens with zero attached hydrogens (tertiary/aromatic N) is 2. The lowest BCUT2D eigenvalue weighted by molar-refractivity contribution is 0.394. The first-order valence-corrected chi connectivity index (χ1v) is 6.90. The molecule has 0 radical (unpaired) electrons. The molecule has 0 spiro atoms. The smallest absolute Gasteiger partial charge is 0.232 e. The molecule has 1 fully saturated rings. The number of nitrogens with one attached hydrogen (secondary N) is 1. The van der Waals surface area contributed by atoms with E-state index in [1.807, 2.05) is 0 Å². The second-order valence-electron chi connectivity index (χ2n) is 5.93. The minimum Gasteiger partial charge on any atom is -0.480 e. The molecule has 1 saturated carbocycles. The van der Waals surface area contributed by atoms with E-state index in [0.29, 0.717) is 28.6 Å². The van der Waals surface area contributed by atoms with Gasteiger partial charge in [0.2, 0.25) is 11.8 Å². The van der Waals surface area contributed by atoms with Gasteiger partial charge in [0, 0.05) is 6.54 Å². The van der Waals surface area contributed by atoms with Crippen LogP contribution in [0.5, 0.6) is 5.88 Å². The molecule has 0 aliphatic heterocycles. The number of methoxy groups -OCH3 is 1. The molecule has 0 aromatic carbocycles. The van der Waals surface area contributed by atoms with Crippen LogP contribution in [-0.2, 0) is 0 Å². The summed E-state index contributed by atoms with van der Waals surface area (Å²) < 4.78 is 5.92. The highest BCUT2D eigenvalue weighted by Crippen LogP contribution is 2.68. The third-order valence-electron chi connectivity index (χ3n) is 4.69. The fourth-order valence-corrected chi connectivity index (χ4v) is 2.97. The van der Waals surface area contributed by atoms with E-state index in [1.165, 1.54) is 0 Å². The quantitative estimate of drug-likeness (QED) is 0.926. The molecule has 100 valence electrons. The summed E-state index contributed by atoms with van der Waals surface area (Å²) in [5.74, 6) is 1.82. The summed E-state index contributed by atoms with van der Waals surface area (Å²) >= 11 is 3.34. The van der Waals surface area contributed by atoms with Gasteiger partial charge in [0.15, 0.2) is 0 Å². The number of rotatable bonds is 4. The Hall–Kier alpha value is -0.840. The van der Waals surface area contributed by atoms with Gasteiger partial charge in [-0.15, -0.1) is 0 Å². The van der Waals surface area contributed by atoms with Gasteiger partial charge in [0.05, 0.1) is 17.8 Å². The first-order valence-electron chi connectivity index (χ1n) is 6.11. The Kier molecular flexibility index (Phi) is 3.30. The van der Waals surface area contributed by atoms with Crippen molar-refractivity contribution in [3.8, 4) is 5.88 Å². The van der Waals surface area contributed by atoms with Crippen LogP contribution in [0.1, 0.15) is 27.7 Å². The van der Waals surface area contributed by atoms with Crippen LogP contribution >= 0.6 is 15.9 Å². The van der Waals surface area contributed by atoms with Gasteiger partial charge in [-0.1, -0.05) is 27.7 Å². The molecule has 0 unspecified atom stereocenters. The molecule has 0 saturated heterocycles. The largest absolute Gasteiger partial charge is 0.480 e. The molecular weight excluding hydrogens is 294 g/mol. The number of hydrogen-bond donors (Lipinski definition) is 1. The Morgan fingerprint density at radius 3 is 2.44 bits per heavy atom. The standard InChI is InChI=1S/C13H20BrN3O/c1-12(2)9(13(12,3)4)7-16-11-15-6-8(14)10(17-11)18-5/h6,9H,7H2,1-5H3,(H,15,16,17). The second kappa shape index (κ2) is 4.37. The summed E-state index contributed by atoms with van der Waals surface area (Å²) in [6, 6.07) is 0. The predicted octanol–water partition coefficient (Wildman–Crippen LogP) is 3.34. The van der Waals surface area contributed by atoms with Crippen molar-refractivity contribution in [3.63, 3.8) is 0 Å². The molecule has 0 atom stereocenters. The summed E-state index contributed by atoms with van der Waals surface area (Å²) in [5, 5.41) is 3.30. The highest BCUT2D eigenvalue weighted by Gasteiger charge is 2.64. The summed E-state index contributed by atoms with van der Waals surface area (Å²) in [7, 11) is 1.60. The van der Waals surface area contributed by atoms with E-state index in [4.69, 9.17) is 4.74 Å². The molecule has 1 aromatic rings. The van der Waals surface area contributed by atoms with Gasteiger partial charge in [-0.05, 0) is 32.7 Å². The van der Waals surface area contributed by atoms with E-state index in [9.17, 15) is 0 Å². The Balaban J connectivity index is 2.00. The SMILES string of the molecule is COc1nc(NCC2C(C)(C)C2(C)C)ncc1Br. The van der Waals surface area contributed by atoms with Crippen molar-refractivity contribution < 1.29 is 4.74 Å². The van der Waals surface area contributed by atoms with E-state index in [-0.39, 0.29) is 0 Å². The molecule has 1 aromatic heterocycles. The molecule has 1 aliphatic carbocycles. The highest BCUT2D eigenvalue weighted by atomic mass is 79.9. The molecule has 0 bridgehead atoms. The van der Waals surface area contributed by atoms with E-state index >= 15 is 0 Å². The third-order valence-corrected chi connectivity index (χ3v) is 5.23. The maximum Gasteiger partial charge on any atom is 0.232 e. The molecule has 5 heteroatoms. The highest BCUT2D eigenvalue weighted by molar-refractivity contribution is 9.10. The average Bonchev–Trinajstić information content (AvgIpc) is 2.69. The molecular formula is C13H20BrN3O. The summed E-state index contributed by atoms with van der Waals surface area (Å²) in [6.07, 6.45) is 1.71. The Bertz CT molecular complexity index is 446.